The quantitative estimate of drug-likeness (QED) is 0.376. The summed E-state index contributed by atoms with van der Waals surface area (Å²) in [6.45, 7) is 10.3. The fourth-order valence-corrected chi connectivity index (χ4v) is 4.49. The Morgan fingerprint density at radius 2 is 1.93 bits per heavy atom. The third kappa shape index (κ3) is 7.34. The number of aliphatic imine (C=N–C) groups is 1. The first kappa shape index (κ1) is 22.2. The minimum Gasteiger partial charge on any atom is -0.468 e. The van der Waals surface area contributed by atoms with Crippen LogP contribution in [0, 0.1) is 5.92 Å². The van der Waals surface area contributed by atoms with E-state index in [1.807, 2.05) is 13.1 Å². The highest BCUT2D eigenvalue weighted by Gasteiger charge is 2.24. The van der Waals surface area contributed by atoms with Gasteiger partial charge in [-0.05, 0) is 89.3 Å². The number of piperidine rings is 2. The van der Waals surface area contributed by atoms with Crippen LogP contribution in [0.1, 0.15) is 63.7 Å². The van der Waals surface area contributed by atoms with Crippen LogP contribution in [0.15, 0.2) is 27.8 Å². The summed E-state index contributed by atoms with van der Waals surface area (Å²) in [5.41, 5.74) is 0. The maximum atomic E-state index is 5.75. The zero-order valence-electron chi connectivity index (χ0n) is 18.5. The summed E-state index contributed by atoms with van der Waals surface area (Å²) in [7, 11) is 1.85. The Bertz CT molecular complexity index is 574. The molecule has 2 fully saturated rings. The molecule has 6 nitrogen and oxygen atoms in total. The molecule has 1 atom stereocenters. The number of nitrogens with one attached hydrogen (secondary N) is 2. The highest BCUT2D eigenvalue weighted by atomic mass is 16.3. The molecule has 0 aliphatic carbocycles. The van der Waals surface area contributed by atoms with Gasteiger partial charge in [-0.2, -0.15) is 0 Å². The summed E-state index contributed by atoms with van der Waals surface area (Å²) in [5.74, 6) is 2.85. The summed E-state index contributed by atoms with van der Waals surface area (Å²) < 4.78 is 5.75. The van der Waals surface area contributed by atoms with E-state index < -0.39 is 0 Å². The molecule has 0 saturated carbocycles. The van der Waals surface area contributed by atoms with Gasteiger partial charge >= 0.3 is 0 Å². The lowest BCUT2D eigenvalue weighted by molar-refractivity contribution is 0.146. The Balaban J connectivity index is 1.36. The van der Waals surface area contributed by atoms with Crippen molar-refractivity contribution in [3.8, 4) is 0 Å². The molecule has 1 aromatic heterocycles. The van der Waals surface area contributed by atoms with Gasteiger partial charge in [-0.25, -0.2) is 0 Å². The minimum absolute atomic E-state index is 0.269. The van der Waals surface area contributed by atoms with Crippen molar-refractivity contribution < 1.29 is 4.42 Å². The van der Waals surface area contributed by atoms with Crippen molar-refractivity contribution >= 4 is 5.96 Å². The summed E-state index contributed by atoms with van der Waals surface area (Å²) in [5, 5.41) is 7.02. The summed E-state index contributed by atoms with van der Waals surface area (Å²) in [6, 6.07) is 4.35. The van der Waals surface area contributed by atoms with Crippen LogP contribution in [0.2, 0.25) is 0 Å². The topological polar surface area (TPSA) is 56.0 Å². The molecule has 29 heavy (non-hydrogen) atoms. The van der Waals surface area contributed by atoms with E-state index in [4.69, 9.17) is 4.42 Å². The number of likely N-dealkylation sites (tertiary alicyclic amines) is 2. The van der Waals surface area contributed by atoms with Crippen molar-refractivity contribution in [3.05, 3.63) is 24.2 Å². The van der Waals surface area contributed by atoms with Gasteiger partial charge in [0.05, 0.1) is 12.3 Å². The average Bonchev–Trinajstić information content (AvgIpc) is 3.29. The van der Waals surface area contributed by atoms with Crippen molar-refractivity contribution in [2.45, 2.75) is 57.9 Å². The van der Waals surface area contributed by atoms with Crippen LogP contribution >= 0.6 is 0 Å². The van der Waals surface area contributed by atoms with E-state index in [2.05, 4.69) is 38.4 Å². The average molecular weight is 404 g/mol. The van der Waals surface area contributed by atoms with Crippen molar-refractivity contribution in [1.82, 2.24) is 20.4 Å². The number of hydrogen-bond donors (Lipinski definition) is 2. The summed E-state index contributed by atoms with van der Waals surface area (Å²) in [4.78, 5) is 9.59. The second kappa shape index (κ2) is 12.2. The molecule has 2 aliphatic heterocycles. The van der Waals surface area contributed by atoms with E-state index in [0.29, 0.717) is 0 Å². The zero-order valence-corrected chi connectivity index (χ0v) is 18.5. The molecular formula is C23H41N5O. The van der Waals surface area contributed by atoms with E-state index in [1.165, 1.54) is 64.6 Å². The molecule has 1 aromatic rings. The number of rotatable bonds is 9. The van der Waals surface area contributed by atoms with E-state index in [-0.39, 0.29) is 6.04 Å². The van der Waals surface area contributed by atoms with Gasteiger partial charge in [0.15, 0.2) is 5.96 Å². The minimum atomic E-state index is 0.269. The number of guanidine groups is 1. The number of furan rings is 1. The van der Waals surface area contributed by atoms with E-state index in [9.17, 15) is 0 Å². The molecule has 6 heteroatoms. The molecule has 0 amide bonds. The van der Waals surface area contributed by atoms with E-state index in [0.717, 1.165) is 43.8 Å². The van der Waals surface area contributed by atoms with Gasteiger partial charge in [0.1, 0.15) is 5.76 Å². The van der Waals surface area contributed by atoms with Gasteiger partial charge in [-0.3, -0.25) is 9.89 Å². The molecule has 164 valence electrons. The first-order chi connectivity index (χ1) is 14.3. The van der Waals surface area contributed by atoms with Gasteiger partial charge in [-0.15, -0.1) is 0 Å². The Labute approximate surface area is 177 Å². The predicted molar refractivity (Wildman–Crippen MR) is 120 cm³/mol. The Hall–Kier alpha value is -1.53. The maximum Gasteiger partial charge on any atom is 0.191 e. The summed E-state index contributed by atoms with van der Waals surface area (Å²) >= 11 is 0. The second-order valence-electron chi connectivity index (χ2n) is 8.74. The highest BCUT2D eigenvalue weighted by molar-refractivity contribution is 5.79. The molecule has 2 saturated heterocycles. The molecule has 2 aliphatic rings. The van der Waals surface area contributed by atoms with E-state index in [1.54, 1.807) is 6.26 Å². The SMILES string of the molecule is CN=C(NCCCCN1CCC(C)CC1)NCC(c1ccco1)N1CCCCC1. The smallest absolute Gasteiger partial charge is 0.191 e. The largest absolute Gasteiger partial charge is 0.468 e. The fourth-order valence-electron chi connectivity index (χ4n) is 4.49. The van der Waals surface area contributed by atoms with Crippen molar-refractivity contribution in [2.75, 3.05) is 52.9 Å². The molecule has 3 heterocycles. The third-order valence-electron chi connectivity index (χ3n) is 6.46. The lowest BCUT2D eigenvalue weighted by Gasteiger charge is -2.33. The van der Waals surface area contributed by atoms with Crippen molar-refractivity contribution in [1.29, 1.82) is 0 Å². The van der Waals surface area contributed by atoms with Crippen molar-refractivity contribution in [2.24, 2.45) is 10.9 Å². The summed E-state index contributed by atoms with van der Waals surface area (Å²) in [6.07, 6.45) is 10.8. The molecule has 0 aromatic carbocycles. The van der Waals surface area contributed by atoms with Crippen LogP contribution in [0.5, 0.6) is 0 Å². The predicted octanol–water partition coefficient (Wildman–Crippen LogP) is 3.48. The van der Waals surface area contributed by atoms with Gasteiger partial charge in [-0.1, -0.05) is 13.3 Å². The van der Waals surface area contributed by atoms with E-state index >= 15 is 0 Å². The van der Waals surface area contributed by atoms with Gasteiger partial charge in [0.25, 0.3) is 0 Å². The molecule has 0 spiro atoms. The Morgan fingerprint density at radius 1 is 1.14 bits per heavy atom. The zero-order chi connectivity index (χ0) is 20.3. The number of hydrogen-bond acceptors (Lipinski definition) is 4. The van der Waals surface area contributed by atoms with Crippen LogP contribution in [0.3, 0.4) is 0 Å². The first-order valence-corrected chi connectivity index (χ1v) is 11.7. The van der Waals surface area contributed by atoms with Gasteiger partial charge in [0.2, 0.25) is 0 Å². The van der Waals surface area contributed by atoms with Crippen LogP contribution in [-0.2, 0) is 0 Å². The highest BCUT2D eigenvalue weighted by Crippen LogP contribution is 2.24. The molecular weight excluding hydrogens is 362 g/mol. The standard InChI is InChI=1S/C23H41N5O/c1-20-10-16-27(17-11-20)13-7-4-12-25-23(24-2)26-19-21(22-9-8-18-29-22)28-14-5-3-6-15-28/h8-9,18,20-21H,3-7,10-17,19H2,1-2H3,(H2,24,25,26). The molecule has 0 radical (unpaired) electrons. The van der Waals surface area contributed by atoms with Crippen LogP contribution in [-0.4, -0.2) is 68.6 Å². The normalized spacial score (nSPS) is 21.2. The number of nitrogens with zero attached hydrogens (tertiary/aromatic N) is 3. The van der Waals surface area contributed by atoms with Crippen molar-refractivity contribution in [3.63, 3.8) is 0 Å². The van der Waals surface area contributed by atoms with Crippen LogP contribution in [0.25, 0.3) is 0 Å². The third-order valence-corrected chi connectivity index (χ3v) is 6.46. The Morgan fingerprint density at radius 3 is 2.62 bits per heavy atom. The van der Waals surface area contributed by atoms with Gasteiger partial charge < -0.3 is 20.0 Å². The fraction of sp³-hybridized carbons (Fsp3) is 0.783. The monoisotopic (exact) mass is 403 g/mol. The molecule has 2 N–H and O–H groups in total. The van der Waals surface area contributed by atoms with Gasteiger partial charge in [0, 0.05) is 20.1 Å². The lowest BCUT2D eigenvalue weighted by Crippen LogP contribution is -2.44. The molecule has 3 rings (SSSR count). The molecule has 0 bridgehead atoms. The van der Waals surface area contributed by atoms with Crippen LogP contribution in [0.4, 0.5) is 0 Å². The second-order valence-corrected chi connectivity index (χ2v) is 8.74. The lowest BCUT2D eigenvalue weighted by atomic mass is 9.99. The maximum absolute atomic E-state index is 5.75. The first-order valence-electron chi connectivity index (χ1n) is 11.7. The van der Waals surface area contributed by atoms with Crippen LogP contribution < -0.4 is 10.6 Å². The number of unbranched alkanes of at least 4 members (excludes halogenated alkanes) is 1. The Kier molecular flexibility index (Phi) is 9.35. The molecule has 1 unspecified atom stereocenters.